The Morgan fingerprint density at radius 3 is 1.42 bits per heavy atom. The number of nitrogens with zero attached hydrogens (tertiary/aromatic N) is 1. The van der Waals surface area contributed by atoms with Gasteiger partial charge in [-0.25, -0.2) is 0 Å². The number of anilines is 3. The highest BCUT2D eigenvalue weighted by atomic mass is 16.3. The van der Waals surface area contributed by atoms with Crippen LogP contribution in [0.3, 0.4) is 0 Å². The van der Waals surface area contributed by atoms with Gasteiger partial charge >= 0.3 is 0 Å². The van der Waals surface area contributed by atoms with Gasteiger partial charge in [-0.3, -0.25) is 0 Å². The van der Waals surface area contributed by atoms with Crippen LogP contribution in [0.15, 0.2) is 194 Å². The molecule has 0 amide bonds. The van der Waals surface area contributed by atoms with Crippen LogP contribution in [0.2, 0.25) is 0 Å². The van der Waals surface area contributed by atoms with E-state index >= 15 is 0 Å². The van der Waals surface area contributed by atoms with E-state index in [-0.39, 0.29) is 6.61 Å². The van der Waals surface area contributed by atoms with Crippen LogP contribution in [-0.4, -0.2) is 5.11 Å². The van der Waals surface area contributed by atoms with E-state index in [4.69, 9.17) is 0 Å². The van der Waals surface area contributed by atoms with Crippen molar-refractivity contribution >= 4 is 51.1 Å². The maximum absolute atomic E-state index is 9.88. The molecule has 0 spiro atoms. The molecular formula is C53H43NO. The summed E-state index contributed by atoms with van der Waals surface area (Å²) in [4.78, 5) is 2.32. The maximum Gasteiger partial charge on any atom is 0.0681 e. The Hall–Kier alpha value is -6.74. The van der Waals surface area contributed by atoms with Gasteiger partial charge in [-0.2, -0.15) is 0 Å². The van der Waals surface area contributed by atoms with Crippen molar-refractivity contribution in [1.82, 2.24) is 0 Å². The van der Waals surface area contributed by atoms with E-state index in [0.717, 1.165) is 39.1 Å². The molecule has 0 radical (unpaired) electrons. The molecule has 0 bridgehead atoms. The predicted octanol–water partition coefficient (Wildman–Crippen LogP) is 13.6. The van der Waals surface area contributed by atoms with Gasteiger partial charge in [0.1, 0.15) is 0 Å². The van der Waals surface area contributed by atoms with Gasteiger partial charge in [0.05, 0.1) is 12.3 Å². The molecule has 0 heterocycles. The Morgan fingerprint density at radius 2 is 0.891 bits per heavy atom. The van der Waals surface area contributed by atoms with E-state index in [0.29, 0.717) is 0 Å². The molecule has 0 saturated heterocycles. The number of hydrogen-bond acceptors (Lipinski definition) is 2. The number of aliphatic hydroxyl groups is 1. The molecule has 2 heteroatoms. The first-order chi connectivity index (χ1) is 27.0. The normalized spacial score (nSPS) is 10.9. The lowest BCUT2D eigenvalue weighted by molar-refractivity contribution is 0.282. The van der Waals surface area contributed by atoms with Crippen molar-refractivity contribution in [3.05, 3.63) is 244 Å². The number of benzene rings is 8. The topological polar surface area (TPSA) is 23.5 Å². The minimum absolute atomic E-state index is 0.000729. The van der Waals surface area contributed by atoms with Crippen LogP contribution >= 0.6 is 0 Å². The molecule has 8 aromatic rings. The molecule has 266 valence electrons. The zero-order chi connectivity index (χ0) is 37.6. The lowest BCUT2D eigenvalue weighted by Crippen LogP contribution is -2.11. The molecule has 0 aromatic heterocycles. The summed E-state index contributed by atoms with van der Waals surface area (Å²) in [5, 5.41) is 12.2. The minimum Gasteiger partial charge on any atom is -0.392 e. The lowest BCUT2D eigenvalue weighted by atomic mass is 9.93. The van der Waals surface area contributed by atoms with Gasteiger partial charge in [0.25, 0.3) is 0 Å². The Kier molecular flexibility index (Phi) is 10.3. The predicted molar refractivity (Wildman–Crippen MR) is 234 cm³/mol. The summed E-state index contributed by atoms with van der Waals surface area (Å²) in [5.74, 6) is 0. The summed E-state index contributed by atoms with van der Waals surface area (Å²) < 4.78 is 0. The zero-order valence-corrected chi connectivity index (χ0v) is 31.2. The van der Waals surface area contributed by atoms with Crippen LogP contribution < -0.4 is 4.90 Å². The van der Waals surface area contributed by atoms with E-state index in [9.17, 15) is 5.11 Å². The minimum atomic E-state index is 0.000729. The van der Waals surface area contributed by atoms with Crippen LogP contribution in [0.1, 0.15) is 50.1 Å². The van der Waals surface area contributed by atoms with E-state index in [1.54, 1.807) is 0 Å². The monoisotopic (exact) mass is 709 g/mol. The Morgan fingerprint density at radius 1 is 0.436 bits per heavy atom. The number of hydrogen-bond donors (Lipinski definition) is 1. The van der Waals surface area contributed by atoms with Crippen molar-refractivity contribution in [2.75, 3.05) is 4.90 Å². The fraction of sp³-hybridized carbons (Fsp3) is 0.0566. The Bertz CT molecular complexity index is 2490. The second-order valence-electron chi connectivity index (χ2n) is 14.1. The SMILES string of the molecule is Cc1ccc(C(=Cc2ccc(N(c3ccc(CO)cc3)c3ccc(C=C(c4ccccc4)c4ccccc4)c4ccccc34)cc2)c2ccc(C)cc2)cc1. The summed E-state index contributed by atoms with van der Waals surface area (Å²) in [7, 11) is 0. The molecule has 0 aliphatic heterocycles. The summed E-state index contributed by atoms with van der Waals surface area (Å²) in [5.41, 5.74) is 15.9. The molecule has 0 fully saturated rings. The molecule has 0 aliphatic carbocycles. The molecule has 8 aromatic carbocycles. The summed E-state index contributed by atoms with van der Waals surface area (Å²) in [6, 6.07) is 68.9. The summed E-state index contributed by atoms with van der Waals surface area (Å²) in [6.45, 7) is 4.25. The number of aryl methyl sites for hydroxylation is 2. The van der Waals surface area contributed by atoms with Crippen molar-refractivity contribution in [3.63, 3.8) is 0 Å². The fourth-order valence-electron chi connectivity index (χ4n) is 7.22. The number of rotatable bonds is 10. The van der Waals surface area contributed by atoms with Crippen LogP contribution in [-0.2, 0) is 6.61 Å². The highest BCUT2D eigenvalue weighted by Crippen LogP contribution is 2.41. The molecule has 0 unspecified atom stereocenters. The first-order valence-corrected chi connectivity index (χ1v) is 18.8. The van der Waals surface area contributed by atoms with Crippen molar-refractivity contribution in [1.29, 1.82) is 0 Å². The highest BCUT2D eigenvalue weighted by molar-refractivity contribution is 6.06. The van der Waals surface area contributed by atoms with Gasteiger partial charge in [-0.05, 0) is 112 Å². The van der Waals surface area contributed by atoms with E-state index in [1.165, 1.54) is 49.9 Å². The first-order valence-electron chi connectivity index (χ1n) is 18.8. The molecule has 1 N–H and O–H groups in total. The Balaban J connectivity index is 1.25. The van der Waals surface area contributed by atoms with Gasteiger partial charge in [0.2, 0.25) is 0 Å². The largest absolute Gasteiger partial charge is 0.392 e. The number of fused-ring (bicyclic) bond motifs is 1. The second-order valence-corrected chi connectivity index (χ2v) is 14.1. The molecule has 0 saturated carbocycles. The van der Waals surface area contributed by atoms with Gasteiger partial charge in [-0.1, -0.05) is 175 Å². The van der Waals surface area contributed by atoms with Crippen molar-refractivity contribution in [3.8, 4) is 0 Å². The van der Waals surface area contributed by atoms with Crippen LogP contribution in [0.4, 0.5) is 17.1 Å². The highest BCUT2D eigenvalue weighted by Gasteiger charge is 2.17. The quantitative estimate of drug-likeness (QED) is 0.143. The van der Waals surface area contributed by atoms with Gasteiger partial charge < -0.3 is 10.0 Å². The van der Waals surface area contributed by atoms with Crippen molar-refractivity contribution < 1.29 is 5.11 Å². The molecular weight excluding hydrogens is 667 g/mol. The standard InChI is InChI=1S/C53H43NO/c1-38-17-25-44(26-18-38)51(45-27-19-39(2)20-28-45)35-40-21-30-47(31-22-40)54(48-32-23-41(37-55)24-33-48)53-34-29-46(49-15-9-10-16-50(49)53)36-52(42-11-5-3-6-12-42)43-13-7-4-8-14-43/h3-36,55H,37H2,1-2H3. The summed E-state index contributed by atoms with van der Waals surface area (Å²) >= 11 is 0. The second kappa shape index (κ2) is 16.1. The average molecular weight is 710 g/mol. The molecule has 0 atom stereocenters. The molecule has 55 heavy (non-hydrogen) atoms. The molecule has 2 nitrogen and oxygen atoms in total. The van der Waals surface area contributed by atoms with Gasteiger partial charge in [0, 0.05) is 16.8 Å². The van der Waals surface area contributed by atoms with E-state index in [2.05, 4.69) is 213 Å². The number of aliphatic hydroxyl groups excluding tert-OH is 1. The average Bonchev–Trinajstić information content (AvgIpc) is 3.24. The zero-order valence-electron chi connectivity index (χ0n) is 31.2. The maximum atomic E-state index is 9.88. The third-order valence-electron chi connectivity index (χ3n) is 10.2. The van der Waals surface area contributed by atoms with Crippen molar-refractivity contribution in [2.45, 2.75) is 20.5 Å². The lowest BCUT2D eigenvalue weighted by Gasteiger charge is -2.27. The summed E-state index contributed by atoms with van der Waals surface area (Å²) in [6.07, 6.45) is 4.60. The smallest absolute Gasteiger partial charge is 0.0681 e. The third-order valence-corrected chi connectivity index (χ3v) is 10.2. The van der Waals surface area contributed by atoms with Crippen LogP contribution in [0.5, 0.6) is 0 Å². The molecule has 8 rings (SSSR count). The first kappa shape index (κ1) is 35.3. The van der Waals surface area contributed by atoms with E-state index < -0.39 is 0 Å². The van der Waals surface area contributed by atoms with Gasteiger partial charge in [0.15, 0.2) is 0 Å². The third kappa shape index (κ3) is 7.82. The van der Waals surface area contributed by atoms with Gasteiger partial charge in [-0.15, -0.1) is 0 Å². The Labute approximate surface area is 324 Å². The van der Waals surface area contributed by atoms with Crippen LogP contribution in [0, 0.1) is 13.8 Å². The fourth-order valence-corrected chi connectivity index (χ4v) is 7.22. The van der Waals surface area contributed by atoms with Crippen molar-refractivity contribution in [2.24, 2.45) is 0 Å². The van der Waals surface area contributed by atoms with E-state index in [1.807, 2.05) is 12.1 Å². The van der Waals surface area contributed by atoms with Crippen LogP contribution in [0.25, 0.3) is 34.1 Å². The molecule has 0 aliphatic rings.